The van der Waals surface area contributed by atoms with E-state index in [0.29, 0.717) is 15.4 Å². The van der Waals surface area contributed by atoms with Gasteiger partial charge in [-0.2, -0.15) is 0 Å². The molecule has 5 nitrogen and oxygen atoms in total. The van der Waals surface area contributed by atoms with E-state index < -0.39 is 5.82 Å². The molecule has 2 aromatic rings. The molecule has 2 amide bonds. The van der Waals surface area contributed by atoms with E-state index in [1.54, 1.807) is 25.1 Å². The van der Waals surface area contributed by atoms with Crippen LogP contribution in [-0.4, -0.2) is 18.9 Å². The maximum Gasteiger partial charge on any atom is 0.261 e. The Kier molecular flexibility index (Phi) is 5.33. The SMILES string of the molecule is COc1ccc([C@H](C)NC(=O)c2ccc(NC(C)=O)s2)cc1F. The lowest BCUT2D eigenvalue weighted by atomic mass is 10.1. The molecule has 0 aliphatic rings. The van der Waals surface area contributed by atoms with Crippen molar-refractivity contribution in [2.75, 3.05) is 12.4 Å². The predicted octanol–water partition coefficient (Wildman–Crippen LogP) is 3.35. The van der Waals surface area contributed by atoms with E-state index in [-0.39, 0.29) is 23.6 Å². The van der Waals surface area contributed by atoms with E-state index in [9.17, 15) is 14.0 Å². The Morgan fingerprint density at radius 1 is 1.26 bits per heavy atom. The Hall–Kier alpha value is -2.41. The van der Waals surface area contributed by atoms with Crippen LogP contribution in [0.5, 0.6) is 5.75 Å². The van der Waals surface area contributed by atoms with Crippen molar-refractivity contribution in [1.82, 2.24) is 5.32 Å². The minimum absolute atomic E-state index is 0.158. The van der Waals surface area contributed by atoms with Gasteiger partial charge in [0.15, 0.2) is 11.6 Å². The minimum Gasteiger partial charge on any atom is -0.494 e. The van der Waals surface area contributed by atoms with Crippen molar-refractivity contribution in [3.05, 3.63) is 46.6 Å². The highest BCUT2D eigenvalue weighted by Crippen LogP contribution is 2.24. The normalized spacial score (nSPS) is 11.7. The van der Waals surface area contributed by atoms with Gasteiger partial charge in [0.05, 0.1) is 23.0 Å². The van der Waals surface area contributed by atoms with Crippen LogP contribution in [0.2, 0.25) is 0 Å². The molecule has 7 heteroatoms. The molecule has 0 unspecified atom stereocenters. The van der Waals surface area contributed by atoms with Crippen LogP contribution >= 0.6 is 11.3 Å². The highest BCUT2D eigenvalue weighted by Gasteiger charge is 2.15. The monoisotopic (exact) mass is 336 g/mol. The molecule has 0 saturated carbocycles. The lowest BCUT2D eigenvalue weighted by molar-refractivity contribution is -0.114. The molecule has 122 valence electrons. The van der Waals surface area contributed by atoms with Crippen molar-refractivity contribution in [3.8, 4) is 5.75 Å². The molecule has 0 aliphatic heterocycles. The Morgan fingerprint density at radius 2 is 2.00 bits per heavy atom. The van der Waals surface area contributed by atoms with Crippen LogP contribution in [0.3, 0.4) is 0 Å². The second kappa shape index (κ2) is 7.23. The second-order valence-corrected chi connectivity index (χ2v) is 6.02. The molecule has 1 atom stereocenters. The van der Waals surface area contributed by atoms with Crippen LogP contribution in [0.1, 0.15) is 35.1 Å². The van der Waals surface area contributed by atoms with Crippen molar-refractivity contribution in [2.45, 2.75) is 19.9 Å². The second-order valence-electron chi connectivity index (χ2n) is 4.93. The number of methoxy groups -OCH3 is 1. The van der Waals surface area contributed by atoms with Crippen molar-refractivity contribution in [2.24, 2.45) is 0 Å². The van der Waals surface area contributed by atoms with Gasteiger partial charge in [0.25, 0.3) is 5.91 Å². The molecular formula is C16H17FN2O3S. The van der Waals surface area contributed by atoms with Gasteiger partial charge in [-0.3, -0.25) is 9.59 Å². The van der Waals surface area contributed by atoms with Gasteiger partial charge in [0.1, 0.15) is 0 Å². The summed E-state index contributed by atoms with van der Waals surface area (Å²) >= 11 is 1.18. The number of benzene rings is 1. The van der Waals surface area contributed by atoms with E-state index in [1.165, 1.54) is 37.5 Å². The molecule has 23 heavy (non-hydrogen) atoms. The van der Waals surface area contributed by atoms with Gasteiger partial charge < -0.3 is 15.4 Å². The molecule has 0 saturated heterocycles. The van der Waals surface area contributed by atoms with Gasteiger partial charge >= 0.3 is 0 Å². The number of nitrogens with one attached hydrogen (secondary N) is 2. The number of hydrogen-bond acceptors (Lipinski definition) is 4. The number of halogens is 1. The Labute approximate surface area is 137 Å². The zero-order valence-electron chi connectivity index (χ0n) is 13.0. The van der Waals surface area contributed by atoms with E-state index in [1.807, 2.05) is 0 Å². The fraction of sp³-hybridized carbons (Fsp3) is 0.250. The zero-order chi connectivity index (χ0) is 17.0. The molecule has 0 radical (unpaired) electrons. The van der Waals surface area contributed by atoms with Gasteiger partial charge in [0.2, 0.25) is 5.91 Å². The Balaban J connectivity index is 2.05. The van der Waals surface area contributed by atoms with Gasteiger partial charge in [0, 0.05) is 6.92 Å². The van der Waals surface area contributed by atoms with Gasteiger partial charge in [-0.25, -0.2) is 4.39 Å². The van der Waals surface area contributed by atoms with E-state index in [2.05, 4.69) is 10.6 Å². The summed E-state index contributed by atoms with van der Waals surface area (Å²) < 4.78 is 18.6. The largest absolute Gasteiger partial charge is 0.494 e. The summed E-state index contributed by atoms with van der Waals surface area (Å²) in [5.41, 5.74) is 0.635. The maximum atomic E-state index is 13.7. The smallest absolute Gasteiger partial charge is 0.261 e. The van der Waals surface area contributed by atoms with Gasteiger partial charge in [-0.05, 0) is 36.8 Å². The number of thiophene rings is 1. The van der Waals surface area contributed by atoms with E-state index in [0.717, 1.165) is 0 Å². The topological polar surface area (TPSA) is 67.4 Å². The average Bonchev–Trinajstić information content (AvgIpc) is 2.94. The maximum absolute atomic E-state index is 13.7. The number of carbonyl (C=O) groups is 2. The molecule has 1 aromatic heterocycles. The van der Waals surface area contributed by atoms with Crippen LogP contribution < -0.4 is 15.4 Å². The Bertz CT molecular complexity index is 730. The fourth-order valence-electron chi connectivity index (χ4n) is 2.00. The van der Waals surface area contributed by atoms with Crippen LogP contribution in [0, 0.1) is 5.82 Å². The van der Waals surface area contributed by atoms with E-state index >= 15 is 0 Å². The molecule has 1 aromatic carbocycles. The summed E-state index contributed by atoms with van der Waals surface area (Å²) in [6, 6.07) is 7.48. The zero-order valence-corrected chi connectivity index (χ0v) is 13.8. The number of hydrogen-bond donors (Lipinski definition) is 2. The summed E-state index contributed by atoms with van der Waals surface area (Å²) in [4.78, 5) is 23.7. The first-order valence-corrected chi connectivity index (χ1v) is 7.74. The molecular weight excluding hydrogens is 319 g/mol. The molecule has 0 fully saturated rings. The van der Waals surface area contributed by atoms with Crippen LogP contribution in [0.15, 0.2) is 30.3 Å². The lowest BCUT2D eigenvalue weighted by Gasteiger charge is -2.14. The van der Waals surface area contributed by atoms with Crippen LogP contribution in [0.4, 0.5) is 9.39 Å². The predicted molar refractivity (Wildman–Crippen MR) is 87.5 cm³/mol. The third-order valence-electron chi connectivity index (χ3n) is 3.15. The first-order valence-electron chi connectivity index (χ1n) is 6.92. The summed E-state index contributed by atoms with van der Waals surface area (Å²) in [7, 11) is 1.40. The van der Waals surface area contributed by atoms with Crippen molar-refractivity contribution in [3.63, 3.8) is 0 Å². The number of carbonyl (C=O) groups excluding carboxylic acids is 2. The standard InChI is InChI=1S/C16H17FN2O3S/c1-9(11-4-5-13(22-3)12(17)8-11)18-16(21)14-6-7-15(23-14)19-10(2)20/h4-9H,1-3H3,(H,18,21)(H,19,20)/t9-/m0/s1. The summed E-state index contributed by atoms with van der Waals surface area (Å²) in [5, 5.41) is 6.02. The summed E-state index contributed by atoms with van der Waals surface area (Å²) in [6.45, 7) is 3.17. The average molecular weight is 336 g/mol. The Morgan fingerprint density at radius 3 is 2.61 bits per heavy atom. The number of amides is 2. The van der Waals surface area contributed by atoms with Crippen LogP contribution in [0.25, 0.3) is 0 Å². The van der Waals surface area contributed by atoms with Crippen molar-refractivity contribution < 1.29 is 18.7 Å². The molecule has 0 spiro atoms. The molecule has 2 N–H and O–H groups in total. The highest BCUT2D eigenvalue weighted by atomic mass is 32.1. The molecule has 2 rings (SSSR count). The quantitative estimate of drug-likeness (QED) is 0.880. The van der Waals surface area contributed by atoms with Crippen LogP contribution in [-0.2, 0) is 4.79 Å². The number of rotatable bonds is 5. The fourth-order valence-corrected chi connectivity index (χ4v) is 2.86. The minimum atomic E-state index is -0.477. The third-order valence-corrected chi connectivity index (χ3v) is 4.15. The van der Waals surface area contributed by atoms with Crippen molar-refractivity contribution >= 4 is 28.2 Å². The molecule has 0 aliphatic carbocycles. The van der Waals surface area contributed by atoms with Gasteiger partial charge in [-0.15, -0.1) is 11.3 Å². The van der Waals surface area contributed by atoms with E-state index in [4.69, 9.17) is 4.74 Å². The number of ether oxygens (including phenoxy) is 1. The molecule has 1 heterocycles. The summed E-state index contributed by atoms with van der Waals surface area (Å²) in [6.07, 6.45) is 0. The highest BCUT2D eigenvalue weighted by molar-refractivity contribution is 7.18. The molecule has 0 bridgehead atoms. The third kappa shape index (κ3) is 4.29. The van der Waals surface area contributed by atoms with Crippen molar-refractivity contribution in [1.29, 1.82) is 0 Å². The van der Waals surface area contributed by atoms with Gasteiger partial charge in [-0.1, -0.05) is 6.07 Å². The lowest BCUT2D eigenvalue weighted by Crippen LogP contribution is -2.25. The number of anilines is 1. The first-order chi connectivity index (χ1) is 10.9. The summed E-state index contributed by atoms with van der Waals surface area (Å²) in [5.74, 6) is -0.795. The first kappa shape index (κ1) is 17.0.